The predicted octanol–water partition coefficient (Wildman–Crippen LogP) is 12.4. The number of benzene rings is 7. The van der Waals surface area contributed by atoms with E-state index in [-0.39, 0.29) is 0 Å². The van der Waals surface area contributed by atoms with Crippen LogP contribution in [0.5, 0.6) is 0 Å². The summed E-state index contributed by atoms with van der Waals surface area (Å²) in [6.07, 6.45) is 3.92. The molecule has 0 spiro atoms. The highest BCUT2D eigenvalue weighted by Crippen LogP contribution is 2.40. The molecule has 0 radical (unpaired) electrons. The Hall–Kier alpha value is -6.91. The number of anilines is 3. The van der Waals surface area contributed by atoms with Crippen LogP contribution in [0.15, 0.2) is 194 Å². The summed E-state index contributed by atoms with van der Waals surface area (Å²) in [7, 11) is 0. The standard InChI is InChI=1S/C47H32N4/c1-4-14-35(15-5-1)49(36-16-6-2-7-17-36)39-28-34(31-48-32-39)33-24-26-46-42(29-33)43-30-38(25-27-47(43)50(46)37-18-8-3-9-19-37)51-44-22-12-10-20-40(44)41-21-11-13-23-45(41)51/h1-32H. The van der Waals surface area contributed by atoms with Crippen molar-refractivity contribution < 1.29 is 0 Å². The summed E-state index contributed by atoms with van der Waals surface area (Å²) >= 11 is 0. The van der Waals surface area contributed by atoms with Gasteiger partial charge in [0.2, 0.25) is 0 Å². The van der Waals surface area contributed by atoms with Crippen LogP contribution in [0.3, 0.4) is 0 Å². The van der Waals surface area contributed by atoms with E-state index in [4.69, 9.17) is 4.98 Å². The maximum Gasteiger partial charge on any atom is 0.0651 e. The molecule has 4 heteroatoms. The molecular weight excluding hydrogens is 621 g/mol. The molecule has 51 heavy (non-hydrogen) atoms. The number of hydrogen-bond acceptors (Lipinski definition) is 2. The molecule has 0 bridgehead atoms. The van der Waals surface area contributed by atoms with Crippen molar-refractivity contribution in [2.45, 2.75) is 0 Å². The highest BCUT2D eigenvalue weighted by Gasteiger charge is 2.18. The lowest BCUT2D eigenvalue weighted by atomic mass is 10.0. The zero-order valence-corrected chi connectivity index (χ0v) is 27.8. The fourth-order valence-corrected chi connectivity index (χ4v) is 7.70. The maximum atomic E-state index is 4.78. The third kappa shape index (κ3) is 4.80. The van der Waals surface area contributed by atoms with Crippen molar-refractivity contribution in [2.24, 2.45) is 0 Å². The van der Waals surface area contributed by atoms with Gasteiger partial charge in [0.1, 0.15) is 0 Å². The third-order valence-corrected chi connectivity index (χ3v) is 9.95. The van der Waals surface area contributed by atoms with E-state index in [2.05, 4.69) is 196 Å². The first-order valence-electron chi connectivity index (χ1n) is 17.3. The molecule has 7 aromatic carbocycles. The average molecular weight is 653 g/mol. The predicted molar refractivity (Wildman–Crippen MR) is 213 cm³/mol. The Bertz CT molecular complexity index is 2760. The molecule has 240 valence electrons. The first-order valence-corrected chi connectivity index (χ1v) is 17.3. The molecule has 0 aliphatic rings. The topological polar surface area (TPSA) is 26.0 Å². The van der Waals surface area contributed by atoms with E-state index < -0.39 is 0 Å². The number of fused-ring (bicyclic) bond motifs is 6. The van der Waals surface area contributed by atoms with Crippen LogP contribution in [0.25, 0.3) is 66.1 Å². The third-order valence-electron chi connectivity index (χ3n) is 9.95. The Morgan fingerprint density at radius 1 is 0.333 bits per heavy atom. The fraction of sp³-hybridized carbons (Fsp3) is 0. The van der Waals surface area contributed by atoms with Gasteiger partial charge in [-0.1, -0.05) is 97.1 Å². The molecule has 3 heterocycles. The summed E-state index contributed by atoms with van der Waals surface area (Å²) in [5.74, 6) is 0. The second kappa shape index (κ2) is 11.9. The number of aromatic nitrogens is 3. The minimum Gasteiger partial charge on any atom is -0.309 e. The molecule has 0 fully saturated rings. The normalized spacial score (nSPS) is 11.5. The molecule has 0 aliphatic carbocycles. The number of pyridine rings is 1. The number of nitrogens with zero attached hydrogens (tertiary/aromatic N) is 4. The van der Waals surface area contributed by atoms with Crippen LogP contribution < -0.4 is 4.90 Å². The Kier molecular flexibility index (Phi) is 6.78. The zero-order valence-electron chi connectivity index (χ0n) is 27.8. The number of para-hydroxylation sites is 5. The summed E-state index contributed by atoms with van der Waals surface area (Å²) in [5.41, 5.74) is 12.4. The Labute approximate surface area is 295 Å². The van der Waals surface area contributed by atoms with Crippen LogP contribution in [0.1, 0.15) is 0 Å². The van der Waals surface area contributed by atoms with Gasteiger partial charge >= 0.3 is 0 Å². The van der Waals surface area contributed by atoms with Gasteiger partial charge in [0, 0.05) is 56.1 Å². The first kappa shape index (κ1) is 29.0. The number of hydrogen-bond donors (Lipinski definition) is 0. The molecule has 0 unspecified atom stereocenters. The van der Waals surface area contributed by atoms with Gasteiger partial charge in [0.05, 0.1) is 34.0 Å². The second-order valence-electron chi connectivity index (χ2n) is 12.9. The van der Waals surface area contributed by atoms with Crippen molar-refractivity contribution >= 4 is 60.7 Å². The van der Waals surface area contributed by atoms with Crippen LogP contribution in [0.2, 0.25) is 0 Å². The van der Waals surface area contributed by atoms with Crippen LogP contribution in [0, 0.1) is 0 Å². The van der Waals surface area contributed by atoms with Gasteiger partial charge in [-0.2, -0.15) is 0 Å². The fourth-order valence-electron chi connectivity index (χ4n) is 7.70. The van der Waals surface area contributed by atoms with E-state index in [9.17, 15) is 0 Å². The largest absolute Gasteiger partial charge is 0.309 e. The van der Waals surface area contributed by atoms with Crippen molar-refractivity contribution in [2.75, 3.05) is 4.90 Å². The van der Waals surface area contributed by atoms with E-state index in [1.807, 2.05) is 12.4 Å². The van der Waals surface area contributed by atoms with E-state index in [1.54, 1.807) is 0 Å². The van der Waals surface area contributed by atoms with Crippen molar-refractivity contribution in [3.8, 4) is 22.5 Å². The summed E-state index contributed by atoms with van der Waals surface area (Å²) in [5, 5.41) is 4.92. The van der Waals surface area contributed by atoms with Crippen LogP contribution in [-0.2, 0) is 0 Å². The lowest BCUT2D eigenvalue weighted by Crippen LogP contribution is -2.10. The van der Waals surface area contributed by atoms with Crippen molar-refractivity contribution in [1.82, 2.24) is 14.1 Å². The molecule has 0 N–H and O–H groups in total. The van der Waals surface area contributed by atoms with Crippen molar-refractivity contribution in [3.63, 3.8) is 0 Å². The van der Waals surface area contributed by atoms with Gasteiger partial charge in [-0.05, 0) is 90.5 Å². The molecular formula is C47H32N4. The van der Waals surface area contributed by atoms with E-state index in [0.29, 0.717) is 0 Å². The molecule has 0 aliphatic heterocycles. The van der Waals surface area contributed by atoms with E-state index in [1.165, 1.54) is 43.6 Å². The molecule has 4 nitrogen and oxygen atoms in total. The SMILES string of the molecule is c1ccc(N(c2ccccc2)c2cncc(-c3ccc4c(c3)c3cc(-n5c6ccccc6c6ccccc65)ccc3n4-c3ccccc3)c2)cc1. The minimum atomic E-state index is 1.00. The van der Waals surface area contributed by atoms with Gasteiger partial charge in [-0.25, -0.2) is 0 Å². The summed E-state index contributed by atoms with van der Waals surface area (Å²) in [6, 6.07) is 65.0. The Morgan fingerprint density at radius 2 is 0.843 bits per heavy atom. The molecule has 3 aromatic heterocycles. The summed E-state index contributed by atoms with van der Waals surface area (Å²) < 4.78 is 4.78. The van der Waals surface area contributed by atoms with Crippen LogP contribution in [0.4, 0.5) is 17.1 Å². The van der Waals surface area contributed by atoms with Crippen molar-refractivity contribution in [3.05, 3.63) is 194 Å². The maximum absolute atomic E-state index is 4.78. The monoisotopic (exact) mass is 652 g/mol. The van der Waals surface area contributed by atoms with Gasteiger partial charge < -0.3 is 14.0 Å². The minimum absolute atomic E-state index is 1.00. The lowest BCUT2D eigenvalue weighted by Gasteiger charge is -2.25. The van der Waals surface area contributed by atoms with Gasteiger partial charge in [0.15, 0.2) is 0 Å². The van der Waals surface area contributed by atoms with Gasteiger partial charge in [0.25, 0.3) is 0 Å². The quantitative estimate of drug-likeness (QED) is 0.179. The van der Waals surface area contributed by atoms with Gasteiger partial charge in [-0.3, -0.25) is 4.98 Å². The van der Waals surface area contributed by atoms with E-state index in [0.717, 1.165) is 39.6 Å². The van der Waals surface area contributed by atoms with Gasteiger partial charge in [-0.15, -0.1) is 0 Å². The lowest BCUT2D eigenvalue weighted by molar-refractivity contribution is 1.16. The second-order valence-corrected chi connectivity index (χ2v) is 12.9. The zero-order chi connectivity index (χ0) is 33.7. The van der Waals surface area contributed by atoms with Crippen LogP contribution >= 0.6 is 0 Å². The van der Waals surface area contributed by atoms with Crippen molar-refractivity contribution in [1.29, 1.82) is 0 Å². The highest BCUT2D eigenvalue weighted by atomic mass is 15.1. The Morgan fingerprint density at radius 3 is 1.49 bits per heavy atom. The molecule has 0 amide bonds. The molecule has 10 rings (SSSR count). The number of rotatable bonds is 6. The van der Waals surface area contributed by atoms with Crippen LogP contribution in [-0.4, -0.2) is 14.1 Å². The first-order chi connectivity index (χ1) is 25.3. The summed E-state index contributed by atoms with van der Waals surface area (Å²) in [6.45, 7) is 0. The molecule has 0 atom stereocenters. The smallest absolute Gasteiger partial charge is 0.0651 e. The summed E-state index contributed by atoms with van der Waals surface area (Å²) in [4.78, 5) is 7.04. The average Bonchev–Trinajstić information content (AvgIpc) is 3.71. The molecule has 0 saturated heterocycles. The highest BCUT2D eigenvalue weighted by molar-refractivity contribution is 6.13. The van der Waals surface area contributed by atoms with E-state index >= 15 is 0 Å². The molecule has 0 saturated carbocycles. The Balaban J connectivity index is 1.18. The molecule has 10 aromatic rings.